The third kappa shape index (κ3) is 4.17. The van der Waals surface area contributed by atoms with Crippen molar-refractivity contribution in [2.45, 2.75) is 52.7 Å². The third-order valence-corrected chi connectivity index (χ3v) is 6.67. The van der Waals surface area contributed by atoms with Crippen molar-refractivity contribution in [2.75, 3.05) is 6.61 Å². The molecule has 0 bridgehead atoms. The highest BCUT2D eigenvalue weighted by molar-refractivity contribution is 6.36. The highest BCUT2D eigenvalue weighted by Crippen LogP contribution is 2.46. The molecule has 0 amide bonds. The summed E-state index contributed by atoms with van der Waals surface area (Å²) in [7, 11) is 0. The van der Waals surface area contributed by atoms with Crippen LogP contribution in [0.3, 0.4) is 0 Å². The Balaban J connectivity index is 1.95. The molecule has 0 saturated carbocycles. The number of nitrogens with zero attached hydrogens (tertiary/aromatic N) is 1. The molecule has 1 aromatic heterocycles. The van der Waals surface area contributed by atoms with Crippen LogP contribution in [0.5, 0.6) is 5.75 Å². The zero-order chi connectivity index (χ0) is 25.1. The lowest BCUT2D eigenvalue weighted by molar-refractivity contribution is -0.138. The average Bonchev–Trinajstić information content (AvgIpc) is 2.78. The summed E-state index contributed by atoms with van der Waals surface area (Å²) in [6.07, 6.45) is 1.72. The van der Waals surface area contributed by atoms with Crippen molar-refractivity contribution in [2.24, 2.45) is 0 Å². The molecule has 2 heterocycles. The summed E-state index contributed by atoms with van der Waals surface area (Å²) < 4.78 is 27.0. The van der Waals surface area contributed by atoms with Gasteiger partial charge in [0.05, 0.1) is 22.7 Å². The lowest BCUT2D eigenvalue weighted by Gasteiger charge is -2.30. The number of aromatic nitrogens is 1. The molecular weight excluding hydrogens is 465 g/mol. The van der Waals surface area contributed by atoms with Crippen molar-refractivity contribution in [3.63, 3.8) is 0 Å². The largest absolute Gasteiger partial charge is 0.493 e. The number of ether oxygens (including phenoxy) is 2. The van der Waals surface area contributed by atoms with Crippen LogP contribution in [-0.2, 0) is 16.0 Å². The number of ketones is 1. The van der Waals surface area contributed by atoms with E-state index in [2.05, 4.69) is 0 Å². The number of hydrogen-bond acceptors (Lipinski definition) is 4. The van der Waals surface area contributed by atoms with Crippen molar-refractivity contribution in [1.82, 2.24) is 4.98 Å². The molecule has 180 valence electrons. The van der Waals surface area contributed by atoms with E-state index in [1.165, 1.54) is 19.1 Å². The van der Waals surface area contributed by atoms with Crippen LogP contribution >= 0.6 is 11.6 Å². The van der Waals surface area contributed by atoms with E-state index in [0.717, 1.165) is 39.8 Å². The molecule has 1 aliphatic heterocycles. The van der Waals surface area contributed by atoms with Crippen molar-refractivity contribution >= 4 is 39.1 Å². The standard InChI is InChI=1S/C29H27ClFNO3/c1-15-12-20-21(13-18(31)14-22(20)30)26(24(15)28(16(2)33)35-29(3,4)5)19-6-7-23-25-17(9-11-34-23)8-10-32-27(19)25/h6-8,10,12-14,28H,9,11H2,1-5H3/t28-/m1/s1. The van der Waals surface area contributed by atoms with Crippen molar-refractivity contribution in [3.8, 4) is 16.9 Å². The van der Waals surface area contributed by atoms with Gasteiger partial charge in [0.1, 0.15) is 17.7 Å². The van der Waals surface area contributed by atoms with Crippen LogP contribution in [-0.4, -0.2) is 23.0 Å². The molecule has 0 N–H and O–H groups in total. The van der Waals surface area contributed by atoms with Crippen molar-refractivity contribution in [1.29, 1.82) is 0 Å². The number of hydrogen-bond donors (Lipinski definition) is 0. The molecule has 0 aliphatic carbocycles. The minimum Gasteiger partial charge on any atom is -0.493 e. The fourth-order valence-corrected chi connectivity index (χ4v) is 5.27. The van der Waals surface area contributed by atoms with E-state index in [1.54, 1.807) is 6.20 Å². The summed E-state index contributed by atoms with van der Waals surface area (Å²) in [6.45, 7) is 9.80. The lowest BCUT2D eigenvalue weighted by Crippen LogP contribution is -2.27. The number of pyridine rings is 1. The van der Waals surface area contributed by atoms with Crippen molar-refractivity contribution in [3.05, 3.63) is 70.1 Å². The van der Waals surface area contributed by atoms with E-state index in [0.29, 0.717) is 33.5 Å². The molecule has 4 aromatic rings. The molecule has 1 aliphatic rings. The van der Waals surface area contributed by atoms with Gasteiger partial charge in [0.15, 0.2) is 5.78 Å². The fraction of sp³-hybridized carbons (Fsp3) is 0.310. The molecule has 0 spiro atoms. The van der Waals surface area contributed by atoms with E-state index < -0.39 is 17.5 Å². The second-order valence-electron chi connectivity index (χ2n) is 10.1. The molecule has 6 heteroatoms. The van der Waals surface area contributed by atoms with Gasteiger partial charge in [0, 0.05) is 29.0 Å². The smallest absolute Gasteiger partial charge is 0.163 e. The van der Waals surface area contributed by atoms with E-state index >= 15 is 0 Å². The Morgan fingerprint density at radius 3 is 2.66 bits per heavy atom. The molecular formula is C29H27ClFNO3. The number of halogens is 2. The zero-order valence-electron chi connectivity index (χ0n) is 20.5. The number of Topliss-reactive ketones (excluding diaryl/α,β-unsaturated/α-hetero) is 1. The monoisotopic (exact) mass is 491 g/mol. The van der Waals surface area contributed by atoms with Gasteiger partial charge in [-0.15, -0.1) is 0 Å². The van der Waals surface area contributed by atoms with Gasteiger partial charge in [0.2, 0.25) is 0 Å². The number of benzene rings is 3. The molecule has 5 rings (SSSR count). The molecule has 0 fully saturated rings. The molecule has 3 aromatic carbocycles. The molecule has 1 atom stereocenters. The van der Waals surface area contributed by atoms with Crippen LogP contribution in [0.2, 0.25) is 5.02 Å². The Kier molecular flexibility index (Phi) is 5.81. The van der Waals surface area contributed by atoms with Crippen LogP contribution in [0, 0.1) is 12.7 Å². The van der Waals surface area contributed by atoms with Crippen LogP contribution in [0.1, 0.15) is 50.5 Å². The molecule has 0 unspecified atom stereocenters. The van der Waals surface area contributed by atoms with Gasteiger partial charge in [-0.05, 0) is 98.7 Å². The zero-order valence-corrected chi connectivity index (χ0v) is 21.2. The van der Waals surface area contributed by atoms with Gasteiger partial charge in [-0.3, -0.25) is 9.78 Å². The van der Waals surface area contributed by atoms with E-state index in [-0.39, 0.29) is 5.78 Å². The Labute approximate surface area is 209 Å². The van der Waals surface area contributed by atoms with Gasteiger partial charge >= 0.3 is 0 Å². The quantitative estimate of drug-likeness (QED) is 0.296. The van der Waals surface area contributed by atoms with Crippen LogP contribution in [0.15, 0.2) is 42.6 Å². The minimum atomic E-state index is -0.849. The lowest BCUT2D eigenvalue weighted by atomic mass is 9.84. The Hall–Kier alpha value is -3.02. The predicted molar refractivity (Wildman–Crippen MR) is 138 cm³/mol. The molecule has 0 saturated heterocycles. The van der Waals surface area contributed by atoms with Crippen LogP contribution in [0.4, 0.5) is 4.39 Å². The predicted octanol–water partition coefficient (Wildman–Crippen LogP) is 7.54. The first-order chi connectivity index (χ1) is 16.5. The van der Waals surface area contributed by atoms with Gasteiger partial charge in [-0.2, -0.15) is 0 Å². The maximum Gasteiger partial charge on any atom is 0.163 e. The molecule has 4 nitrogen and oxygen atoms in total. The van der Waals surface area contributed by atoms with E-state index in [4.69, 9.17) is 26.1 Å². The summed E-state index contributed by atoms with van der Waals surface area (Å²) in [4.78, 5) is 17.7. The summed E-state index contributed by atoms with van der Waals surface area (Å²) in [5.41, 5.74) is 4.32. The normalized spacial score (nSPS) is 14.3. The van der Waals surface area contributed by atoms with E-state index in [9.17, 15) is 9.18 Å². The fourth-order valence-electron chi connectivity index (χ4n) is 5.01. The summed E-state index contributed by atoms with van der Waals surface area (Å²) in [5.74, 6) is 0.189. The highest BCUT2D eigenvalue weighted by Gasteiger charge is 2.31. The first-order valence-electron chi connectivity index (χ1n) is 11.7. The minimum absolute atomic E-state index is 0.134. The van der Waals surface area contributed by atoms with Gasteiger partial charge in [-0.1, -0.05) is 11.6 Å². The average molecular weight is 492 g/mol. The maximum atomic E-state index is 14.7. The molecule has 0 radical (unpaired) electrons. The summed E-state index contributed by atoms with van der Waals surface area (Å²) in [6, 6.07) is 10.5. The maximum absolute atomic E-state index is 14.7. The van der Waals surface area contributed by atoms with Gasteiger partial charge < -0.3 is 9.47 Å². The highest BCUT2D eigenvalue weighted by atomic mass is 35.5. The Bertz CT molecular complexity index is 1500. The molecule has 35 heavy (non-hydrogen) atoms. The second kappa shape index (κ2) is 8.58. The first kappa shape index (κ1) is 23.7. The second-order valence-corrected chi connectivity index (χ2v) is 10.5. The topological polar surface area (TPSA) is 48.4 Å². The van der Waals surface area contributed by atoms with Gasteiger partial charge in [0.25, 0.3) is 0 Å². The van der Waals surface area contributed by atoms with Crippen LogP contribution in [0.25, 0.3) is 32.8 Å². The van der Waals surface area contributed by atoms with Gasteiger partial charge in [-0.25, -0.2) is 4.39 Å². The number of fused-ring (bicyclic) bond motifs is 1. The Morgan fingerprint density at radius 1 is 1.17 bits per heavy atom. The van der Waals surface area contributed by atoms with E-state index in [1.807, 2.05) is 52.0 Å². The van der Waals surface area contributed by atoms with Crippen molar-refractivity contribution < 1.29 is 18.7 Å². The third-order valence-electron chi connectivity index (χ3n) is 6.36. The number of rotatable bonds is 4. The number of aryl methyl sites for hydroxylation is 1. The SMILES string of the molecule is CC(=O)[C@@H](OC(C)(C)C)c1c(C)cc2c(Cl)cc(F)cc2c1-c1ccc2c3c(ccnc13)CCO2. The first-order valence-corrected chi connectivity index (χ1v) is 12.1. The Morgan fingerprint density at radius 2 is 1.94 bits per heavy atom. The number of carbonyl (C=O) groups excluding carboxylic acids is 1. The summed E-state index contributed by atoms with van der Waals surface area (Å²) >= 11 is 6.52. The summed E-state index contributed by atoms with van der Waals surface area (Å²) in [5, 5.41) is 2.57. The number of carbonyl (C=O) groups is 1. The van der Waals surface area contributed by atoms with Crippen LogP contribution < -0.4 is 4.74 Å².